The van der Waals surface area contributed by atoms with Crippen LogP contribution >= 0.6 is 11.6 Å². The maximum Gasteiger partial charge on any atom is 0.0790 e. The van der Waals surface area contributed by atoms with Gasteiger partial charge in [-0.1, -0.05) is 17.7 Å². The highest BCUT2D eigenvalue weighted by atomic mass is 35.5. The number of benzene rings is 1. The number of H-pyrrole nitrogens is 1. The molecule has 3 aromatic rings. The minimum atomic E-state index is 0.638. The molecular weight excluding hydrogens is 298 g/mol. The van der Waals surface area contributed by atoms with Gasteiger partial charge in [0.1, 0.15) is 0 Å². The number of halogens is 1. The van der Waals surface area contributed by atoms with E-state index in [1.54, 1.807) is 17.1 Å². The zero-order valence-electron chi connectivity index (χ0n) is 12.6. The molecule has 2 aromatic heterocycles. The fraction of sp³-hybridized carbons (Fsp3) is 0.250. The standard InChI is InChI=1S/C16H18ClN5/c1-11-5-16(22-10-15(17)9-20-22)4-3-13(11)6-18-7-14-8-19-21-12(14)2/h3-5,8-10,18H,6-7H2,1-2H3,(H,19,21). The van der Waals surface area contributed by atoms with Gasteiger partial charge in [0.25, 0.3) is 0 Å². The molecule has 0 radical (unpaired) electrons. The zero-order valence-corrected chi connectivity index (χ0v) is 13.4. The van der Waals surface area contributed by atoms with Crippen molar-refractivity contribution in [3.05, 3.63) is 64.2 Å². The highest BCUT2D eigenvalue weighted by Crippen LogP contribution is 2.16. The summed E-state index contributed by atoms with van der Waals surface area (Å²) in [6, 6.07) is 6.29. The van der Waals surface area contributed by atoms with E-state index in [4.69, 9.17) is 11.6 Å². The van der Waals surface area contributed by atoms with Gasteiger partial charge in [-0.05, 0) is 37.1 Å². The summed E-state index contributed by atoms with van der Waals surface area (Å²) in [6.45, 7) is 5.75. The normalized spacial score (nSPS) is 11.0. The second kappa shape index (κ2) is 6.34. The van der Waals surface area contributed by atoms with E-state index >= 15 is 0 Å². The first-order valence-electron chi connectivity index (χ1n) is 7.13. The largest absolute Gasteiger partial charge is 0.308 e. The first-order chi connectivity index (χ1) is 10.6. The third kappa shape index (κ3) is 3.21. The van der Waals surface area contributed by atoms with Crippen molar-refractivity contribution in [1.82, 2.24) is 25.3 Å². The molecule has 0 aliphatic rings. The van der Waals surface area contributed by atoms with Gasteiger partial charge in [-0.2, -0.15) is 10.2 Å². The van der Waals surface area contributed by atoms with E-state index in [2.05, 4.69) is 45.7 Å². The number of nitrogens with one attached hydrogen (secondary N) is 2. The Morgan fingerprint density at radius 3 is 2.64 bits per heavy atom. The van der Waals surface area contributed by atoms with E-state index in [1.165, 1.54) is 16.7 Å². The molecule has 0 amide bonds. The summed E-state index contributed by atoms with van der Waals surface area (Å²) < 4.78 is 1.78. The van der Waals surface area contributed by atoms with E-state index in [1.807, 2.05) is 13.1 Å². The van der Waals surface area contributed by atoms with Crippen molar-refractivity contribution in [2.75, 3.05) is 0 Å². The molecule has 0 aliphatic heterocycles. The number of nitrogens with zero attached hydrogens (tertiary/aromatic N) is 3. The van der Waals surface area contributed by atoms with Crippen LogP contribution in [0.25, 0.3) is 5.69 Å². The van der Waals surface area contributed by atoms with E-state index in [-0.39, 0.29) is 0 Å². The first kappa shape index (κ1) is 14.8. The third-order valence-electron chi connectivity index (χ3n) is 3.71. The van der Waals surface area contributed by atoms with Crippen LogP contribution in [0, 0.1) is 13.8 Å². The Morgan fingerprint density at radius 2 is 2.00 bits per heavy atom. The average molecular weight is 316 g/mol. The van der Waals surface area contributed by atoms with Gasteiger partial charge >= 0.3 is 0 Å². The molecule has 1 aromatic carbocycles. The summed E-state index contributed by atoms with van der Waals surface area (Å²) in [5.74, 6) is 0. The Hall–Kier alpha value is -2.11. The van der Waals surface area contributed by atoms with Crippen molar-refractivity contribution >= 4 is 11.6 Å². The number of aryl methyl sites for hydroxylation is 2. The molecule has 22 heavy (non-hydrogen) atoms. The Labute approximate surface area is 134 Å². The second-order valence-electron chi connectivity index (χ2n) is 5.34. The first-order valence-corrected chi connectivity index (χ1v) is 7.51. The van der Waals surface area contributed by atoms with E-state index < -0.39 is 0 Å². The summed E-state index contributed by atoms with van der Waals surface area (Å²) in [5, 5.41) is 15.3. The highest BCUT2D eigenvalue weighted by molar-refractivity contribution is 6.30. The molecule has 5 nitrogen and oxygen atoms in total. The van der Waals surface area contributed by atoms with Crippen molar-refractivity contribution in [1.29, 1.82) is 0 Å². The molecule has 0 aliphatic carbocycles. The molecule has 6 heteroatoms. The quantitative estimate of drug-likeness (QED) is 0.760. The summed E-state index contributed by atoms with van der Waals surface area (Å²) >= 11 is 5.91. The molecule has 3 rings (SSSR count). The Bertz CT molecular complexity index is 774. The molecule has 0 spiro atoms. The van der Waals surface area contributed by atoms with Gasteiger partial charge in [-0.3, -0.25) is 5.10 Å². The minimum Gasteiger partial charge on any atom is -0.308 e. The maximum atomic E-state index is 5.91. The monoisotopic (exact) mass is 315 g/mol. The number of hydrogen-bond acceptors (Lipinski definition) is 3. The second-order valence-corrected chi connectivity index (χ2v) is 5.77. The molecule has 0 bridgehead atoms. The summed E-state index contributed by atoms with van der Waals surface area (Å²) in [7, 11) is 0. The molecule has 2 N–H and O–H groups in total. The van der Waals surface area contributed by atoms with Crippen LogP contribution in [0.4, 0.5) is 0 Å². The molecule has 0 atom stereocenters. The van der Waals surface area contributed by atoms with Crippen LogP contribution in [0.3, 0.4) is 0 Å². The van der Waals surface area contributed by atoms with Gasteiger partial charge in [-0.25, -0.2) is 4.68 Å². The molecule has 0 saturated carbocycles. The SMILES string of the molecule is Cc1cc(-n2cc(Cl)cn2)ccc1CNCc1cn[nH]c1C. The lowest BCUT2D eigenvalue weighted by Crippen LogP contribution is -2.14. The minimum absolute atomic E-state index is 0.638. The van der Waals surface area contributed by atoms with Gasteiger partial charge in [0.15, 0.2) is 0 Å². The van der Waals surface area contributed by atoms with Crippen molar-refractivity contribution in [3.8, 4) is 5.69 Å². The van der Waals surface area contributed by atoms with Gasteiger partial charge < -0.3 is 5.32 Å². The zero-order chi connectivity index (χ0) is 15.5. The number of rotatable bonds is 5. The summed E-state index contributed by atoms with van der Waals surface area (Å²) in [6.07, 6.45) is 5.30. The lowest BCUT2D eigenvalue weighted by Gasteiger charge is -2.10. The van der Waals surface area contributed by atoms with Crippen LogP contribution < -0.4 is 5.32 Å². The van der Waals surface area contributed by atoms with Crippen molar-refractivity contribution < 1.29 is 0 Å². The Kier molecular flexibility index (Phi) is 4.27. The van der Waals surface area contributed by atoms with Crippen LogP contribution in [-0.2, 0) is 13.1 Å². The van der Waals surface area contributed by atoms with Crippen LogP contribution in [0.1, 0.15) is 22.4 Å². The van der Waals surface area contributed by atoms with Gasteiger partial charge in [0.2, 0.25) is 0 Å². The van der Waals surface area contributed by atoms with E-state index in [0.717, 1.165) is 24.5 Å². The van der Waals surface area contributed by atoms with Gasteiger partial charge in [0, 0.05) is 30.5 Å². The molecule has 114 valence electrons. The molecular formula is C16H18ClN5. The molecule has 0 fully saturated rings. The maximum absolute atomic E-state index is 5.91. The van der Waals surface area contributed by atoms with Crippen LogP contribution in [-0.4, -0.2) is 20.0 Å². The van der Waals surface area contributed by atoms with E-state index in [0.29, 0.717) is 5.02 Å². The number of aromatic amines is 1. The highest BCUT2D eigenvalue weighted by Gasteiger charge is 2.04. The van der Waals surface area contributed by atoms with E-state index in [9.17, 15) is 0 Å². The lowest BCUT2D eigenvalue weighted by molar-refractivity contribution is 0.688. The predicted molar refractivity (Wildman–Crippen MR) is 87.2 cm³/mol. The molecule has 0 saturated heterocycles. The van der Waals surface area contributed by atoms with Crippen LogP contribution in [0.15, 0.2) is 36.8 Å². The smallest absolute Gasteiger partial charge is 0.0790 e. The Balaban J connectivity index is 1.66. The van der Waals surface area contributed by atoms with Crippen LogP contribution in [0.2, 0.25) is 5.02 Å². The predicted octanol–water partition coefficient (Wildman–Crippen LogP) is 3.16. The summed E-state index contributed by atoms with van der Waals surface area (Å²) in [4.78, 5) is 0. The van der Waals surface area contributed by atoms with Crippen molar-refractivity contribution in [2.24, 2.45) is 0 Å². The van der Waals surface area contributed by atoms with Crippen molar-refractivity contribution in [2.45, 2.75) is 26.9 Å². The lowest BCUT2D eigenvalue weighted by atomic mass is 10.1. The molecule has 0 unspecified atom stereocenters. The average Bonchev–Trinajstić information content (AvgIpc) is 3.10. The van der Waals surface area contributed by atoms with Crippen LogP contribution in [0.5, 0.6) is 0 Å². The fourth-order valence-electron chi connectivity index (χ4n) is 2.35. The molecule has 2 heterocycles. The van der Waals surface area contributed by atoms with Crippen molar-refractivity contribution in [3.63, 3.8) is 0 Å². The third-order valence-corrected chi connectivity index (χ3v) is 3.90. The Morgan fingerprint density at radius 1 is 1.18 bits per heavy atom. The topological polar surface area (TPSA) is 58.5 Å². The van der Waals surface area contributed by atoms with Gasteiger partial charge in [-0.15, -0.1) is 0 Å². The number of hydrogen-bond donors (Lipinski definition) is 2. The number of aromatic nitrogens is 4. The van der Waals surface area contributed by atoms with Gasteiger partial charge in [0.05, 0.1) is 23.1 Å². The summed E-state index contributed by atoms with van der Waals surface area (Å²) in [5.41, 5.74) is 5.80. The fourth-order valence-corrected chi connectivity index (χ4v) is 2.48.